The minimum Gasteiger partial charge on any atom is -0.271 e. The van der Waals surface area contributed by atoms with Crippen LogP contribution in [0.1, 0.15) is 12.5 Å². The molecule has 0 aliphatic rings. The molecule has 0 aliphatic carbocycles. The van der Waals surface area contributed by atoms with Crippen LogP contribution in [0.5, 0.6) is 0 Å². The molecular weight excluding hydrogens is 281 g/mol. The van der Waals surface area contributed by atoms with Gasteiger partial charge in [0.05, 0.1) is 12.3 Å². The van der Waals surface area contributed by atoms with Crippen LogP contribution in [-0.2, 0) is 22.3 Å². The lowest BCUT2D eigenvalue weighted by Crippen LogP contribution is -2.36. The molecule has 0 unspecified atom stereocenters. The summed E-state index contributed by atoms with van der Waals surface area (Å²) in [5.74, 6) is -0.553. The Hall–Kier alpha value is -1.73. The van der Waals surface area contributed by atoms with Gasteiger partial charge in [0.15, 0.2) is 0 Å². The molecular formula is C13H16FN3O2S. The van der Waals surface area contributed by atoms with Gasteiger partial charge in [0.2, 0.25) is 10.0 Å². The van der Waals surface area contributed by atoms with E-state index in [-0.39, 0.29) is 17.6 Å². The van der Waals surface area contributed by atoms with Gasteiger partial charge in [0.25, 0.3) is 0 Å². The van der Waals surface area contributed by atoms with E-state index in [0.29, 0.717) is 12.1 Å². The van der Waals surface area contributed by atoms with Gasteiger partial charge < -0.3 is 0 Å². The summed E-state index contributed by atoms with van der Waals surface area (Å²) >= 11 is 0. The molecule has 0 fully saturated rings. The Labute approximate surface area is 117 Å². The van der Waals surface area contributed by atoms with Gasteiger partial charge in [0.1, 0.15) is 5.82 Å². The second kappa shape index (κ2) is 6.15. The lowest BCUT2D eigenvalue weighted by Gasteiger charge is -2.14. The highest BCUT2D eigenvalue weighted by atomic mass is 32.2. The van der Waals surface area contributed by atoms with E-state index >= 15 is 0 Å². The van der Waals surface area contributed by atoms with Crippen LogP contribution in [0, 0.1) is 5.82 Å². The monoisotopic (exact) mass is 297 g/mol. The lowest BCUT2D eigenvalue weighted by molar-refractivity contribution is 0.493. The quantitative estimate of drug-likeness (QED) is 0.879. The van der Waals surface area contributed by atoms with Crippen LogP contribution in [-0.4, -0.2) is 24.2 Å². The van der Waals surface area contributed by atoms with E-state index in [0.717, 1.165) is 0 Å². The van der Waals surface area contributed by atoms with Crippen LogP contribution in [0.4, 0.5) is 4.39 Å². The summed E-state index contributed by atoms with van der Waals surface area (Å²) in [6.07, 6.45) is 3.41. The molecule has 0 amide bonds. The van der Waals surface area contributed by atoms with Crippen LogP contribution in [0.25, 0.3) is 0 Å². The topological polar surface area (TPSA) is 64.0 Å². The van der Waals surface area contributed by atoms with Crippen molar-refractivity contribution in [3.8, 4) is 0 Å². The number of rotatable bonds is 6. The van der Waals surface area contributed by atoms with E-state index in [1.165, 1.54) is 24.3 Å². The predicted molar refractivity (Wildman–Crippen MR) is 73.8 cm³/mol. The van der Waals surface area contributed by atoms with Crippen molar-refractivity contribution in [3.63, 3.8) is 0 Å². The smallest absolute Gasteiger partial charge is 0.216 e. The highest BCUT2D eigenvalue weighted by molar-refractivity contribution is 7.88. The van der Waals surface area contributed by atoms with Crippen molar-refractivity contribution in [2.75, 3.05) is 0 Å². The Kier molecular flexibility index (Phi) is 4.51. The molecule has 1 heterocycles. The highest BCUT2D eigenvalue weighted by Crippen LogP contribution is 2.07. The predicted octanol–water partition coefficient (Wildman–Crippen LogP) is 1.53. The average Bonchev–Trinajstić information content (AvgIpc) is 2.83. The fraction of sp³-hybridized carbons (Fsp3) is 0.308. The maximum absolute atomic E-state index is 12.8. The molecule has 0 radical (unpaired) electrons. The third-order valence-electron chi connectivity index (χ3n) is 2.67. The summed E-state index contributed by atoms with van der Waals surface area (Å²) in [5, 5.41) is 4.02. The van der Waals surface area contributed by atoms with E-state index in [4.69, 9.17) is 0 Å². The van der Waals surface area contributed by atoms with E-state index in [1.54, 1.807) is 30.1 Å². The highest BCUT2D eigenvalue weighted by Gasteiger charge is 2.15. The third kappa shape index (κ3) is 4.43. The van der Waals surface area contributed by atoms with Crippen molar-refractivity contribution < 1.29 is 12.8 Å². The van der Waals surface area contributed by atoms with Crippen LogP contribution in [0.3, 0.4) is 0 Å². The molecule has 0 saturated heterocycles. The van der Waals surface area contributed by atoms with Crippen molar-refractivity contribution in [3.05, 3.63) is 54.1 Å². The number of hydrogen-bond donors (Lipinski definition) is 1. The standard InChI is InChI=1S/C13H16FN3O2S/c1-11(9-17-8-2-7-15-17)16-20(18,19)10-12-3-5-13(14)6-4-12/h2-8,11,16H,9-10H2,1H3/t11-/m0/s1. The number of halogens is 1. The summed E-state index contributed by atoms with van der Waals surface area (Å²) in [6, 6.07) is 6.93. The Morgan fingerprint density at radius 1 is 1.35 bits per heavy atom. The largest absolute Gasteiger partial charge is 0.271 e. The molecule has 1 atom stereocenters. The summed E-state index contributed by atoms with van der Waals surface area (Å²) < 4.78 is 41.0. The van der Waals surface area contributed by atoms with Gasteiger partial charge in [-0.05, 0) is 30.7 Å². The average molecular weight is 297 g/mol. The second-order valence-corrected chi connectivity index (χ2v) is 6.39. The lowest BCUT2D eigenvalue weighted by atomic mass is 10.2. The minimum absolute atomic E-state index is 0.170. The number of nitrogens with one attached hydrogen (secondary N) is 1. The summed E-state index contributed by atoms with van der Waals surface area (Å²) in [5.41, 5.74) is 0.546. The fourth-order valence-electron chi connectivity index (χ4n) is 1.87. The maximum Gasteiger partial charge on any atom is 0.216 e. The third-order valence-corrected chi connectivity index (χ3v) is 4.15. The zero-order valence-corrected chi connectivity index (χ0v) is 11.8. The number of aromatic nitrogens is 2. The number of sulfonamides is 1. The van der Waals surface area contributed by atoms with E-state index in [2.05, 4.69) is 9.82 Å². The molecule has 20 heavy (non-hydrogen) atoms. The first-order valence-corrected chi connectivity index (χ1v) is 7.82. The molecule has 2 aromatic rings. The van der Waals surface area contributed by atoms with Gasteiger partial charge in [-0.15, -0.1) is 0 Å². The number of hydrogen-bond acceptors (Lipinski definition) is 3. The Bertz CT molecular complexity index is 639. The summed E-state index contributed by atoms with van der Waals surface area (Å²) in [6.45, 7) is 2.22. The number of benzene rings is 1. The first-order valence-electron chi connectivity index (χ1n) is 6.16. The van der Waals surface area contributed by atoms with E-state index < -0.39 is 10.0 Å². The molecule has 0 aliphatic heterocycles. The normalized spacial score (nSPS) is 13.3. The van der Waals surface area contributed by atoms with Gasteiger partial charge in [-0.3, -0.25) is 4.68 Å². The fourth-order valence-corrected chi connectivity index (χ4v) is 3.28. The molecule has 0 spiro atoms. The van der Waals surface area contributed by atoms with Gasteiger partial charge >= 0.3 is 0 Å². The van der Waals surface area contributed by atoms with Crippen LogP contribution >= 0.6 is 0 Å². The zero-order valence-electron chi connectivity index (χ0n) is 11.0. The molecule has 0 saturated carbocycles. The molecule has 2 rings (SSSR count). The molecule has 5 nitrogen and oxygen atoms in total. The molecule has 0 bridgehead atoms. The van der Waals surface area contributed by atoms with Crippen molar-refractivity contribution in [2.24, 2.45) is 0 Å². The molecule has 108 valence electrons. The van der Waals surface area contributed by atoms with Crippen LogP contribution < -0.4 is 4.72 Å². The summed E-state index contributed by atoms with van der Waals surface area (Å²) in [4.78, 5) is 0. The summed E-state index contributed by atoms with van der Waals surface area (Å²) in [7, 11) is -3.46. The minimum atomic E-state index is -3.46. The Morgan fingerprint density at radius 3 is 2.65 bits per heavy atom. The van der Waals surface area contributed by atoms with Crippen molar-refractivity contribution in [2.45, 2.75) is 25.3 Å². The Morgan fingerprint density at radius 2 is 2.05 bits per heavy atom. The van der Waals surface area contributed by atoms with E-state index in [9.17, 15) is 12.8 Å². The maximum atomic E-state index is 12.8. The molecule has 7 heteroatoms. The first-order chi connectivity index (χ1) is 9.44. The van der Waals surface area contributed by atoms with Crippen LogP contribution in [0.2, 0.25) is 0 Å². The zero-order chi connectivity index (χ0) is 14.6. The van der Waals surface area contributed by atoms with Crippen molar-refractivity contribution in [1.82, 2.24) is 14.5 Å². The van der Waals surface area contributed by atoms with Crippen molar-refractivity contribution in [1.29, 1.82) is 0 Å². The molecule has 1 aromatic heterocycles. The van der Waals surface area contributed by atoms with E-state index in [1.807, 2.05) is 0 Å². The van der Waals surface area contributed by atoms with Gasteiger partial charge in [0, 0.05) is 18.4 Å². The second-order valence-electron chi connectivity index (χ2n) is 4.63. The van der Waals surface area contributed by atoms with Crippen LogP contribution in [0.15, 0.2) is 42.7 Å². The Balaban J connectivity index is 1.94. The molecule has 1 N–H and O–H groups in total. The first kappa shape index (κ1) is 14.7. The van der Waals surface area contributed by atoms with Gasteiger partial charge in [-0.25, -0.2) is 17.5 Å². The molecule has 1 aromatic carbocycles. The number of nitrogens with zero attached hydrogens (tertiary/aromatic N) is 2. The van der Waals surface area contributed by atoms with Gasteiger partial charge in [-0.2, -0.15) is 5.10 Å². The van der Waals surface area contributed by atoms with Crippen molar-refractivity contribution >= 4 is 10.0 Å². The SMILES string of the molecule is C[C@@H](Cn1cccn1)NS(=O)(=O)Cc1ccc(F)cc1. The van der Waals surface area contributed by atoms with Gasteiger partial charge in [-0.1, -0.05) is 12.1 Å².